The van der Waals surface area contributed by atoms with Crippen LogP contribution >= 0.6 is 15.9 Å². The maximum atomic E-state index is 11.3. The lowest BCUT2D eigenvalue weighted by atomic mass is 10.1. The Hall–Kier alpha value is -1.85. The van der Waals surface area contributed by atoms with Crippen molar-refractivity contribution in [2.75, 3.05) is 7.11 Å². The summed E-state index contributed by atoms with van der Waals surface area (Å²) < 4.78 is 11.0. The molecule has 0 radical (unpaired) electrons. The number of benzene rings is 1. The molecule has 0 aliphatic heterocycles. The summed E-state index contributed by atoms with van der Waals surface area (Å²) in [7, 11) is 1.23. The number of ether oxygens (including phenoxy) is 1. The lowest BCUT2D eigenvalue weighted by Gasteiger charge is -2.09. The molecule has 1 N–H and O–H groups in total. The SMILES string of the molecule is C=C(C(=O)OC)C(O)c1ccc(-c2ccccc2Br)o1. The summed E-state index contributed by atoms with van der Waals surface area (Å²) >= 11 is 3.43. The molecule has 0 bridgehead atoms. The number of halogens is 1. The molecule has 0 aliphatic rings. The highest BCUT2D eigenvalue weighted by molar-refractivity contribution is 9.10. The monoisotopic (exact) mass is 336 g/mol. The van der Waals surface area contributed by atoms with Crippen LogP contribution in [-0.2, 0) is 9.53 Å². The maximum Gasteiger partial charge on any atom is 0.336 e. The molecule has 1 unspecified atom stereocenters. The highest BCUT2D eigenvalue weighted by Crippen LogP contribution is 2.32. The summed E-state index contributed by atoms with van der Waals surface area (Å²) in [5.41, 5.74) is 0.787. The van der Waals surface area contributed by atoms with Crippen molar-refractivity contribution in [3.63, 3.8) is 0 Å². The molecule has 2 rings (SSSR count). The number of furan rings is 1. The fraction of sp³-hybridized carbons (Fsp3) is 0.133. The quantitative estimate of drug-likeness (QED) is 0.686. The second-order valence-corrected chi connectivity index (χ2v) is 4.96. The van der Waals surface area contributed by atoms with Crippen molar-refractivity contribution in [3.05, 3.63) is 58.8 Å². The first-order chi connectivity index (χ1) is 9.54. The van der Waals surface area contributed by atoms with E-state index in [1.54, 1.807) is 12.1 Å². The Bertz CT molecular complexity index is 645. The zero-order valence-corrected chi connectivity index (χ0v) is 12.4. The third kappa shape index (κ3) is 2.84. The molecule has 1 aromatic heterocycles. The predicted octanol–water partition coefficient (Wildman–Crippen LogP) is 3.47. The first kappa shape index (κ1) is 14.6. The molecule has 0 fully saturated rings. The Morgan fingerprint density at radius 2 is 2.05 bits per heavy atom. The van der Waals surface area contributed by atoms with Gasteiger partial charge in [0.2, 0.25) is 0 Å². The van der Waals surface area contributed by atoms with Gasteiger partial charge in [-0.05, 0) is 18.2 Å². The van der Waals surface area contributed by atoms with Crippen molar-refractivity contribution in [1.82, 2.24) is 0 Å². The smallest absolute Gasteiger partial charge is 0.336 e. The molecule has 0 saturated heterocycles. The van der Waals surface area contributed by atoms with Crippen LogP contribution in [0.15, 0.2) is 57.4 Å². The van der Waals surface area contributed by atoms with Crippen molar-refractivity contribution in [3.8, 4) is 11.3 Å². The molecule has 0 amide bonds. The highest BCUT2D eigenvalue weighted by atomic mass is 79.9. The summed E-state index contributed by atoms with van der Waals surface area (Å²) in [6.07, 6.45) is -1.22. The zero-order chi connectivity index (χ0) is 14.7. The summed E-state index contributed by atoms with van der Waals surface area (Å²) in [6.45, 7) is 3.51. The largest absolute Gasteiger partial charge is 0.466 e. The number of aliphatic hydroxyl groups is 1. The average molecular weight is 337 g/mol. The third-order valence-corrected chi connectivity index (χ3v) is 3.50. The van der Waals surface area contributed by atoms with Gasteiger partial charge in [-0.1, -0.05) is 40.7 Å². The maximum absolute atomic E-state index is 11.3. The van der Waals surface area contributed by atoms with E-state index in [0.29, 0.717) is 5.76 Å². The van der Waals surface area contributed by atoms with Gasteiger partial charge in [0, 0.05) is 10.0 Å². The van der Waals surface area contributed by atoms with Gasteiger partial charge < -0.3 is 14.3 Å². The third-order valence-electron chi connectivity index (χ3n) is 2.81. The lowest BCUT2D eigenvalue weighted by molar-refractivity contribution is -0.137. The minimum atomic E-state index is -1.22. The van der Waals surface area contributed by atoms with Gasteiger partial charge in [-0.2, -0.15) is 0 Å². The molecule has 104 valence electrons. The van der Waals surface area contributed by atoms with Crippen molar-refractivity contribution < 1.29 is 19.1 Å². The topological polar surface area (TPSA) is 59.7 Å². The predicted molar refractivity (Wildman–Crippen MR) is 78.0 cm³/mol. The number of esters is 1. The number of hydrogen-bond acceptors (Lipinski definition) is 4. The van der Waals surface area contributed by atoms with E-state index in [4.69, 9.17) is 4.42 Å². The summed E-state index contributed by atoms with van der Waals surface area (Å²) in [4.78, 5) is 11.3. The Labute approximate surface area is 124 Å². The zero-order valence-electron chi connectivity index (χ0n) is 10.8. The van der Waals surface area contributed by atoms with Crippen LogP contribution in [0.5, 0.6) is 0 Å². The minimum Gasteiger partial charge on any atom is -0.466 e. The molecule has 0 spiro atoms. The van der Waals surface area contributed by atoms with E-state index in [1.807, 2.05) is 24.3 Å². The van der Waals surface area contributed by atoms with Crippen LogP contribution in [0, 0.1) is 0 Å². The van der Waals surface area contributed by atoms with Crippen LogP contribution in [0.25, 0.3) is 11.3 Å². The van der Waals surface area contributed by atoms with Crippen LogP contribution in [0.4, 0.5) is 0 Å². The van der Waals surface area contributed by atoms with E-state index in [2.05, 4.69) is 27.2 Å². The number of carbonyl (C=O) groups excluding carboxylic acids is 1. The Balaban J connectivity index is 2.28. The van der Waals surface area contributed by atoms with E-state index in [9.17, 15) is 9.90 Å². The summed E-state index contributed by atoms with van der Waals surface area (Å²) in [6, 6.07) is 10.9. The Morgan fingerprint density at radius 1 is 1.35 bits per heavy atom. The molecule has 1 heterocycles. The van der Waals surface area contributed by atoms with Crippen LogP contribution in [0.1, 0.15) is 11.9 Å². The number of methoxy groups -OCH3 is 1. The van der Waals surface area contributed by atoms with Crippen LogP contribution < -0.4 is 0 Å². The van der Waals surface area contributed by atoms with Crippen molar-refractivity contribution in [2.45, 2.75) is 6.10 Å². The Kier molecular flexibility index (Phi) is 4.42. The first-order valence-electron chi connectivity index (χ1n) is 5.84. The van der Waals surface area contributed by atoms with E-state index < -0.39 is 12.1 Å². The van der Waals surface area contributed by atoms with Crippen molar-refractivity contribution >= 4 is 21.9 Å². The lowest BCUT2D eigenvalue weighted by Crippen LogP contribution is -2.11. The van der Waals surface area contributed by atoms with Crippen molar-refractivity contribution in [2.24, 2.45) is 0 Å². The summed E-state index contributed by atoms with van der Waals surface area (Å²) in [5.74, 6) is 0.159. The van der Waals surface area contributed by atoms with Gasteiger partial charge in [0.15, 0.2) is 0 Å². The van der Waals surface area contributed by atoms with Gasteiger partial charge in [0.05, 0.1) is 12.7 Å². The first-order valence-corrected chi connectivity index (χ1v) is 6.63. The van der Waals surface area contributed by atoms with Crippen molar-refractivity contribution in [1.29, 1.82) is 0 Å². The molecule has 1 aromatic carbocycles. The van der Waals surface area contributed by atoms with Crippen LogP contribution in [0.2, 0.25) is 0 Å². The van der Waals surface area contributed by atoms with E-state index in [0.717, 1.165) is 10.0 Å². The molecule has 0 aliphatic carbocycles. The molecule has 4 nitrogen and oxygen atoms in total. The number of carbonyl (C=O) groups is 1. The van der Waals surface area contributed by atoms with Gasteiger partial charge in [0.1, 0.15) is 17.6 Å². The summed E-state index contributed by atoms with van der Waals surface area (Å²) in [5, 5.41) is 10.0. The molecular formula is C15H13BrO4. The standard InChI is InChI=1S/C15H13BrO4/c1-9(15(18)19-2)14(17)13-8-7-12(20-13)10-5-3-4-6-11(10)16/h3-8,14,17H,1H2,2H3. The average Bonchev–Trinajstić information content (AvgIpc) is 2.94. The second-order valence-electron chi connectivity index (χ2n) is 4.10. The number of hydrogen-bond donors (Lipinski definition) is 1. The number of rotatable bonds is 4. The molecule has 1 atom stereocenters. The normalized spacial score (nSPS) is 11.9. The van der Waals surface area contributed by atoms with Gasteiger partial charge in [-0.15, -0.1) is 0 Å². The van der Waals surface area contributed by atoms with E-state index >= 15 is 0 Å². The van der Waals surface area contributed by atoms with Gasteiger partial charge in [-0.25, -0.2) is 4.79 Å². The van der Waals surface area contributed by atoms with Gasteiger partial charge >= 0.3 is 5.97 Å². The fourth-order valence-electron chi connectivity index (χ4n) is 1.72. The van der Waals surface area contributed by atoms with Gasteiger partial charge in [-0.3, -0.25) is 0 Å². The van der Waals surface area contributed by atoms with Crippen LogP contribution in [0.3, 0.4) is 0 Å². The van der Waals surface area contributed by atoms with Crippen LogP contribution in [-0.4, -0.2) is 18.2 Å². The second kappa shape index (κ2) is 6.07. The number of aliphatic hydroxyl groups excluding tert-OH is 1. The highest BCUT2D eigenvalue weighted by Gasteiger charge is 2.22. The molecule has 5 heteroatoms. The fourth-order valence-corrected chi connectivity index (χ4v) is 2.20. The minimum absolute atomic E-state index is 0.0690. The van der Waals surface area contributed by atoms with E-state index in [-0.39, 0.29) is 11.3 Å². The molecule has 20 heavy (non-hydrogen) atoms. The van der Waals surface area contributed by atoms with Gasteiger partial charge in [0.25, 0.3) is 0 Å². The molecular weight excluding hydrogens is 324 g/mol. The molecule has 0 saturated carbocycles. The van der Waals surface area contributed by atoms with E-state index in [1.165, 1.54) is 7.11 Å². The molecule has 2 aromatic rings. The Morgan fingerprint density at radius 3 is 2.70 bits per heavy atom.